The molecule has 0 spiro atoms. The van der Waals surface area contributed by atoms with Crippen molar-refractivity contribution in [2.45, 2.75) is 18.4 Å². The third-order valence-corrected chi connectivity index (χ3v) is 4.95. The molecule has 0 aromatic heterocycles. The van der Waals surface area contributed by atoms with Gasteiger partial charge in [-0.05, 0) is 49.7 Å². The van der Waals surface area contributed by atoms with Gasteiger partial charge >= 0.3 is 0 Å². The van der Waals surface area contributed by atoms with Crippen LogP contribution in [0.2, 0.25) is 0 Å². The van der Waals surface area contributed by atoms with Crippen LogP contribution >= 0.6 is 0 Å². The first-order valence-corrected chi connectivity index (χ1v) is 8.95. The van der Waals surface area contributed by atoms with Crippen molar-refractivity contribution in [3.63, 3.8) is 0 Å². The van der Waals surface area contributed by atoms with E-state index < -0.39 is 5.60 Å². The SMILES string of the molecule is CN(C)CC1CCC(=Cc2ccccc2)C1(O)C=Cc1ccccc1. The van der Waals surface area contributed by atoms with Crippen molar-refractivity contribution >= 4 is 12.2 Å². The van der Waals surface area contributed by atoms with Gasteiger partial charge in [0, 0.05) is 12.5 Å². The maximum absolute atomic E-state index is 11.6. The summed E-state index contributed by atoms with van der Waals surface area (Å²) in [5.41, 5.74) is 2.48. The molecule has 2 aromatic carbocycles. The van der Waals surface area contributed by atoms with Crippen molar-refractivity contribution in [2.24, 2.45) is 5.92 Å². The molecular formula is C23H27NO. The summed E-state index contributed by atoms with van der Waals surface area (Å²) in [4.78, 5) is 2.16. The van der Waals surface area contributed by atoms with Gasteiger partial charge in [0.1, 0.15) is 5.60 Å². The molecule has 1 saturated carbocycles. The van der Waals surface area contributed by atoms with Crippen LogP contribution in [0.1, 0.15) is 24.0 Å². The number of rotatable bonds is 5. The molecule has 0 aliphatic heterocycles. The summed E-state index contributed by atoms with van der Waals surface area (Å²) in [6.07, 6.45) is 8.14. The van der Waals surface area contributed by atoms with E-state index in [-0.39, 0.29) is 5.92 Å². The van der Waals surface area contributed by atoms with Crippen molar-refractivity contribution in [3.8, 4) is 0 Å². The second-order valence-corrected chi connectivity index (χ2v) is 7.15. The second-order valence-electron chi connectivity index (χ2n) is 7.15. The van der Waals surface area contributed by atoms with E-state index >= 15 is 0 Å². The highest BCUT2D eigenvalue weighted by Gasteiger charge is 2.43. The van der Waals surface area contributed by atoms with Crippen molar-refractivity contribution in [1.29, 1.82) is 0 Å². The minimum atomic E-state index is -0.893. The molecule has 1 N–H and O–H groups in total. The highest BCUT2D eigenvalue weighted by Crippen LogP contribution is 2.43. The zero-order valence-electron chi connectivity index (χ0n) is 15.1. The first-order chi connectivity index (χ1) is 12.1. The van der Waals surface area contributed by atoms with Crippen LogP contribution < -0.4 is 0 Å². The fraction of sp³-hybridized carbons (Fsp3) is 0.304. The van der Waals surface area contributed by atoms with Gasteiger partial charge < -0.3 is 10.0 Å². The Labute approximate surface area is 151 Å². The van der Waals surface area contributed by atoms with E-state index in [1.54, 1.807) is 0 Å². The van der Waals surface area contributed by atoms with Gasteiger partial charge in [0.05, 0.1) is 0 Å². The molecule has 0 saturated heterocycles. The molecular weight excluding hydrogens is 306 g/mol. The predicted molar refractivity (Wildman–Crippen MR) is 106 cm³/mol. The normalized spacial score (nSPS) is 25.3. The van der Waals surface area contributed by atoms with E-state index in [4.69, 9.17) is 0 Å². The number of hydrogen-bond donors (Lipinski definition) is 1. The Bertz CT molecular complexity index is 733. The molecule has 0 radical (unpaired) electrons. The van der Waals surface area contributed by atoms with Crippen LogP contribution in [-0.2, 0) is 0 Å². The van der Waals surface area contributed by atoms with Crippen molar-refractivity contribution in [3.05, 3.63) is 83.4 Å². The number of aliphatic hydroxyl groups is 1. The molecule has 2 unspecified atom stereocenters. The summed E-state index contributed by atoms with van der Waals surface area (Å²) >= 11 is 0. The summed E-state index contributed by atoms with van der Waals surface area (Å²) in [5.74, 6) is 0.206. The smallest absolute Gasteiger partial charge is 0.108 e. The van der Waals surface area contributed by atoms with E-state index in [2.05, 4.69) is 49.3 Å². The lowest BCUT2D eigenvalue weighted by Gasteiger charge is -2.30. The Hall–Kier alpha value is -2.16. The summed E-state index contributed by atoms with van der Waals surface area (Å²) in [5, 5.41) is 11.6. The molecule has 0 bridgehead atoms. The largest absolute Gasteiger partial charge is 0.381 e. The number of benzene rings is 2. The Morgan fingerprint density at radius 1 is 1.00 bits per heavy atom. The standard InChI is InChI=1S/C23H27NO/c1-24(2)18-22-14-13-21(17-20-11-7-4-8-12-20)23(22,25)16-15-19-9-5-3-6-10-19/h3-12,15-17,22,25H,13-14,18H2,1-2H3. The lowest BCUT2D eigenvalue weighted by molar-refractivity contribution is 0.0707. The fourth-order valence-electron chi connectivity index (χ4n) is 3.65. The topological polar surface area (TPSA) is 23.5 Å². The second kappa shape index (κ2) is 7.81. The van der Waals surface area contributed by atoms with Gasteiger partial charge in [-0.15, -0.1) is 0 Å². The molecule has 0 heterocycles. The van der Waals surface area contributed by atoms with E-state index in [9.17, 15) is 5.11 Å². The van der Waals surface area contributed by atoms with Crippen LogP contribution in [0.3, 0.4) is 0 Å². The zero-order valence-corrected chi connectivity index (χ0v) is 15.1. The molecule has 130 valence electrons. The third-order valence-electron chi connectivity index (χ3n) is 4.95. The Morgan fingerprint density at radius 3 is 2.20 bits per heavy atom. The van der Waals surface area contributed by atoms with Gasteiger partial charge in [0.2, 0.25) is 0 Å². The molecule has 1 aliphatic rings. The summed E-state index contributed by atoms with van der Waals surface area (Å²) < 4.78 is 0. The van der Waals surface area contributed by atoms with Crippen molar-refractivity contribution in [2.75, 3.05) is 20.6 Å². The van der Waals surface area contributed by atoms with Gasteiger partial charge in [-0.1, -0.05) is 72.8 Å². The van der Waals surface area contributed by atoms with E-state index in [1.807, 2.05) is 48.6 Å². The van der Waals surface area contributed by atoms with Crippen molar-refractivity contribution < 1.29 is 5.11 Å². The molecule has 2 atom stereocenters. The van der Waals surface area contributed by atoms with Gasteiger partial charge in [0.15, 0.2) is 0 Å². The van der Waals surface area contributed by atoms with Crippen LogP contribution in [0, 0.1) is 5.92 Å². The lowest BCUT2D eigenvalue weighted by atomic mass is 9.85. The van der Waals surface area contributed by atoms with E-state index in [1.165, 1.54) is 0 Å². The minimum absolute atomic E-state index is 0.206. The average molecular weight is 333 g/mol. The number of hydrogen-bond acceptors (Lipinski definition) is 2. The van der Waals surface area contributed by atoms with Crippen LogP contribution in [0.4, 0.5) is 0 Å². The maximum Gasteiger partial charge on any atom is 0.108 e. The molecule has 3 rings (SSSR count). The molecule has 1 aliphatic carbocycles. The molecule has 0 amide bonds. The summed E-state index contributed by atoms with van der Waals surface area (Å²) in [6.45, 7) is 0.877. The minimum Gasteiger partial charge on any atom is -0.381 e. The van der Waals surface area contributed by atoms with E-state index in [0.29, 0.717) is 0 Å². The van der Waals surface area contributed by atoms with E-state index in [0.717, 1.165) is 36.1 Å². The summed E-state index contributed by atoms with van der Waals surface area (Å²) in [6, 6.07) is 20.5. The highest BCUT2D eigenvalue weighted by atomic mass is 16.3. The molecule has 1 fully saturated rings. The zero-order chi connectivity index (χ0) is 17.7. The van der Waals surface area contributed by atoms with Crippen LogP contribution in [0.5, 0.6) is 0 Å². The lowest BCUT2D eigenvalue weighted by Crippen LogP contribution is -2.38. The Morgan fingerprint density at radius 2 is 1.60 bits per heavy atom. The fourth-order valence-corrected chi connectivity index (χ4v) is 3.65. The summed E-state index contributed by atoms with van der Waals surface area (Å²) in [7, 11) is 4.14. The van der Waals surface area contributed by atoms with Crippen LogP contribution in [-0.4, -0.2) is 36.2 Å². The molecule has 25 heavy (non-hydrogen) atoms. The van der Waals surface area contributed by atoms with Gasteiger partial charge in [0.25, 0.3) is 0 Å². The van der Waals surface area contributed by atoms with Gasteiger partial charge in [-0.25, -0.2) is 0 Å². The monoisotopic (exact) mass is 333 g/mol. The molecule has 2 aromatic rings. The third kappa shape index (κ3) is 4.28. The van der Waals surface area contributed by atoms with Gasteiger partial charge in [-0.2, -0.15) is 0 Å². The van der Waals surface area contributed by atoms with Crippen LogP contribution in [0.15, 0.2) is 72.3 Å². The Kier molecular flexibility index (Phi) is 5.52. The quantitative estimate of drug-likeness (QED) is 0.872. The molecule has 2 nitrogen and oxygen atoms in total. The maximum atomic E-state index is 11.6. The predicted octanol–water partition coefficient (Wildman–Crippen LogP) is 4.49. The van der Waals surface area contributed by atoms with Gasteiger partial charge in [-0.3, -0.25) is 0 Å². The highest BCUT2D eigenvalue weighted by molar-refractivity contribution is 5.60. The average Bonchev–Trinajstić information content (AvgIpc) is 2.91. The Balaban J connectivity index is 1.94. The van der Waals surface area contributed by atoms with Crippen molar-refractivity contribution in [1.82, 2.24) is 4.90 Å². The molecule has 2 heteroatoms. The van der Waals surface area contributed by atoms with Crippen LogP contribution in [0.25, 0.3) is 12.2 Å². The first-order valence-electron chi connectivity index (χ1n) is 8.95. The number of nitrogens with zero attached hydrogens (tertiary/aromatic N) is 1. The first kappa shape index (κ1) is 17.7.